The van der Waals surface area contributed by atoms with E-state index in [1.807, 2.05) is 6.07 Å². The Morgan fingerprint density at radius 2 is 1.63 bits per heavy atom. The normalized spacial score (nSPS) is 10.1. The maximum absolute atomic E-state index is 12.8. The lowest BCUT2D eigenvalue weighted by Gasteiger charge is -2.12. The van der Waals surface area contributed by atoms with E-state index in [1.54, 1.807) is 60.7 Å². The third-order valence-electron chi connectivity index (χ3n) is 3.76. The molecule has 5 nitrogen and oxygen atoms in total. The van der Waals surface area contributed by atoms with Gasteiger partial charge in [-0.3, -0.25) is 10.1 Å². The number of nitrogens with one attached hydrogen (secondary N) is 1. The molecule has 3 aromatic carbocycles. The van der Waals surface area contributed by atoms with Crippen LogP contribution in [0.3, 0.4) is 0 Å². The summed E-state index contributed by atoms with van der Waals surface area (Å²) in [6.07, 6.45) is -0.729. The van der Waals surface area contributed by atoms with Gasteiger partial charge in [0.05, 0.1) is 12.7 Å². The van der Waals surface area contributed by atoms with E-state index in [4.69, 9.17) is 21.1 Å². The maximum atomic E-state index is 12.8. The quantitative estimate of drug-likeness (QED) is 0.617. The first-order valence-electron chi connectivity index (χ1n) is 8.09. The van der Waals surface area contributed by atoms with E-state index in [0.717, 1.165) is 0 Å². The van der Waals surface area contributed by atoms with Gasteiger partial charge in [0.15, 0.2) is 5.78 Å². The summed E-state index contributed by atoms with van der Waals surface area (Å²) in [6.45, 7) is 0. The number of benzene rings is 3. The second-order valence-corrected chi connectivity index (χ2v) is 6.02. The fourth-order valence-electron chi connectivity index (χ4n) is 2.42. The summed E-state index contributed by atoms with van der Waals surface area (Å²) in [5.41, 5.74) is 1.27. The van der Waals surface area contributed by atoms with Gasteiger partial charge in [0.25, 0.3) is 0 Å². The highest BCUT2D eigenvalue weighted by Gasteiger charge is 2.18. The summed E-state index contributed by atoms with van der Waals surface area (Å²) in [5.74, 6) is 0.316. The molecule has 0 unspecified atom stereocenters. The molecular weight excluding hydrogens is 366 g/mol. The number of halogens is 1. The average Bonchev–Trinajstić information content (AvgIpc) is 2.70. The number of amides is 1. The fourth-order valence-corrected chi connectivity index (χ4v) is 2.55. The van der Waals surface area contributed by atoms with Crippen molar-refractivity contribution in [1.29, 1.82) is 0 Å². The topological polar surface area (TPSA) is 64.6 Å². The van der Waals surface area contributed by atoms with Crippen molar-refractivity contribution < 1.29 is 19.1 Å². The summed E-state index contributed by atoms with van der Waals surface area (Å²) >= 11 is 5.83. The Labute approximate surface area is 161 Å². The third-order valence-corrected chi connectivity index (χ3v) is 4.01. The monoisotopic (exact) mass is 381 g/mol. The van der Waals surface area contributed by atoms with Gasteiger partial charge in [-0.2, -0.15) is 0 Å². The molecule has 0 radical (unpaired) electrons. The highest BCUT2D eigenvalue weighted by atomic mass is 35.5. The Morgan fingerprint density at radius 3 is 2.30 bits per heavy atom. The summed E-state index contributed by atoms with van der Waals surface area (Å²) in [5, 5.41) is 3.14. The van der Waals surface area contributed by atoms with E-state index in [2.05, 4.69) is 5.32 Å². The number of ketones is 1. The molecule has 0 saturated carbocycles. The lowest BCUT2D eigenvalue weighted by molar-refractivity contribution is 0.103. The van der Waals surface area contributed by atoms with Crippen molar-refractivity contribution >= 4 is 29.2 Å². The molecule has 0 aromatic heterocycles. The first-order valence-corrected chi connectivity index (χ1v) is 8.47. The molecule has 6 heteroatoms. The van der Waals surface area contributed by atoms with E-state index in [-0.39, 0.29) is 17.1 Å². The van der Waals surface area contributed by atoms with Crippen molar-refractivity contribution in [1.82, 2.24) is 0 Å². The molecule has 3 rings (SSSR count). The van der Waals surface area contributed by atoms with Crippen LogP contribution in [-0.4, -0.2) is 19.0 Å². The average molecular weight is 382 g/mol. The van der Waals surface area contributed by atoms with Gasteiger partial charge in [0, 0.05) is 22.3 Å². The van der Waals surface area contributed by atoms with Crippen molar-refractivity contribution in [2.24, 2.45) is 0 Å². The van der Waals surface area contributed by atoms with Crippen LogP contribution in [0.15, 0.2) is 72.8 Å². The number of methoxy groups -OCH3 is 1. The molecule has 0 saturated heterocycles. The number of ether oxygens (including phenoxy) is 2. The first kappa shape index (κ1) is 18.5. The van der Waals surface area contributed by atoms with Crippen LogP contribution in [0.5, 0.6) is 11.5 Å². The predicted molar refractivity (Wildman–Crippen MR) is 104 cm³/mol. The van der Waals surface area contributed by atoms with Gasteiger partial charge in [-0.1, -0.05) is 41.9 Å². The van der Waals surface area contributed by atoms with Gasteiger partial charge in [0.1, 0.15) is 11.5 Å². The second kappa shape index (κ2) is 8.38. The van der Waals surface area contributed by atoms with E-state index >= 15 is 0 Å². The molecule has 3 aromatic rings. The molecule has 136 valence electrons. The predicted octanol–water partition coefficient (Wildman–Crippen LogP) is 5.19. The number of anilines is 1. The number of hydrogen-bond acceptors (Lipinski definition) is 4. The lowest BCUT2D eigenvalue weighted by Crippen LogP contribution is -2.18. The highest BCUT2D eigenvalue weighted by Crippen LogP contribution is 2.27. The minimum absolute atomic E-state index is 0.106. The smallest absolute Gasteiger partial charge is 0.417 e. The largest absolute Gasteiger partial charge is 0.497 e. The molecule has 0 aliphatic rings. The van der Waals surface area contributed by atoms with Crippen LogP contribution in [0, 0.1) is 0 Å². The van der Waals surface area contributed by atoms with Crippen LogP contribution in [-0.2, 0) is 0 Å². The van der Waals surface area contributed by atoms with Gasteiger partial charge in [-0.05, 0) is 36.4 Å². The molecule has 0 bridgehead atoms. The molecular formula is C21H16ClNO4. The molecule has 0 heterocycles. The minimum Gasteiger partial charge on any atom is -0.497 e. The summed E-state index contributed by atoms with van der Waals surface area (Å²) in [6, 6.07) is 20.0. The van der Waals surface area contributed by atoms with Crippen molar-refractivity contribution in [2.75, 3.05) is 12.4 Å². The van der Waals surface area contributed by atoms with Gasteiger partial charge in [-0.25, -0.2) is 4.79 Å². The van der Waals surface area contributed by atoms with Crippen molar-refractivity contribution in [3.05, 3.63) is 88.9 Å². The van der Waals surface area contributed by atoms with Crippen LogP contribution in [0.1, 0.15) is 15.9 Å². The van der Waals surface area contributed by atoms with Gasteiger partial charge in [0.2, 0.25) is 0 Å². The number of rotatable bonds is 5. The molecule has 0 spiro atoms. The van der Waals surface area contributed by atoms with E-state index in [0.29, 0.717) is 22.0 Å². The Morgan fingerprint density at radius 1 is 0.926 bits per heavy atom. The molecule has 1 amide bonds. The zero-order valence-corrected chi connectivity index (χ0v) is 15.2. The number of hydrogen-bond donors (Lipinski definition) is 1. The lowest BCUT2D eigenvalue weighted by atomic mass is 10.0. The standard InChI is InChI=1S/C21H16ClNO4/c1-26-17-11-12-18(20(24)14-5-3-2-4-6-14)19(13-17)27-21(25)23-16-9-7-15(22)8-10-16/h2-13H,1H3,(H,23,25). The zero-order valence-electron chi connectivity index (χ0n) is 14.4. The summed E-state index contributed by atoms with van der Waals surface area (Å²) in [4.78, 5) is 25.0. The second-order valence-electron chi connectivity index (χ2n) is 5.58. The molecule has 1 N–H and O–H groups in total. The molecule has 0 aliphatic carbocycles. The van der Waals surface area contributed by atoms with Crippen molar-refractivity contribution in [3.8, 4) is 11.5 Å². The Balaban J connectivity index is 1.85. The SMILES string of the molecule is COc1ccc(C(=O)c2ccccc2)c(OC(=O)Nc2ccc(Cl)cc2)c1. The maximum Gasteiger partial charge on any atom is 0.417 e. The van der Waals surface area contributed by atoms with Gasteiger partial charge < -0.3 is 9.47 Å². The van der Waals surface area contributed by atoms with Crippen molar-refractivity contribution in [3.63, 3.8) is 0 Å². The molecule has 0 fully saturated rings. The zero-order chi connectivity index (χ0) is 19.2. The van der Waals surface area contributed by atoms with Gasteiger partial charge in [-0.15, -0.1) is 0 Å². The van der Waals surface area contributed by atoms with E-state index in [1.165, 1.54) is 13.2 Å². The van der Waals surface area contributed by atoms with Crippen LogP contribution < -0.4 is 14.8 Å². The van der Waals surface area contributed by atoms with Crippen LogP contribution in [0.4, 0.5) is 10.5 Å². The van der Waals surface area contributed by atoms with Crippen LogP contribution in [0.25, 0.3) is 0 Å². The number of carbonyl (C=O) groups excluding carboxylic acids is 2. The minimum atomic E-state index is -0.729. The first-order chi connectivity index (χ1) is 13.1. The van der Waals surface area contributed by atoms with Crippen LogP contribution >= 0.6 is 11.6 Å². The molecule has 27 heavy (non-hydrogen) atoms. The Bertz CT molecular complexity index is 956. The van der Waals surface area contributed by atoms with E-state index < -0.39 is 6.09 Å². The Hall–Kier alpha value is -3.31. The molecule has 0 aliphatic heterocycles. The number of carbonyl (C=O) groups is 2. The third kappa shape index (κ3) is 4.65. The van der Waals surface area contributed by atoms with Crippen LogP contribution in [0.2, 0.25) is 5.02 Å². The van der Waals surface area contributed by atoms with E-state index in [9.17, 15) is 9.59 Å². The molecule has 0 atom stereocenters. The highest BCUT2D eigenvalue weighted by molar-refractivity contribution is 6.30. The van der Waals surface area contributed by atoms with Gasteiger partial charge >= 0.3 is 6.09 Å². The summed E-state index contributed by atoms with van der Waals surface area (Å²) in [7, 11) is 1.49. The summed E-state index contributed by atoms with van der Waals surface area (Å²) < 4.78 is 10.6. The Kier molecular flexibility index (Phi) is 5.74. The van der Waals surface area contributed by atoms with Crippen molar-refractivity contribution in [2.45, 2.75) is 0 Å². The fraction of sp³-hybridized carbons (Fsp3) is 0.0476.